The molecular weight excluding hydrogens is 1950 g/mol. The van der Waals surface area contributed by atoms with Gasteiger partial charge in [-0.1, -0.05) is 137 Å². The Morgan fingerprint density at radius 1 is 0.329 bits per heavy atom. The number of nitrogen functional groups attached to an aromatic ring is 1. The number of anilines is 1. The van der Waals surface area contributed by atoms with E-state index in [0.717, 1.165) is 45.1 Å². The van der Waals surface area contributed by atoms with Gasteiger partial charge in [-0.2, -0.15) is 26.3 Å². The van der Waals surface area contributed by atoms with Crippen LogP contribution in [0.5, 0.6) is 0 Å². The molecule has 0 aromatic carbocycles. The molecule has 14 aromatic rings. The van der Waals surface area contributed by atoms with Crippen LogP contribution in [0.3, 0.4) is 0 Å². The molecule has 0 aliphatic carbocycles. The van der Waals surface area contributed by atoms with Gasteiger partial charge in [-0.25, -0.2) is 75.2 Å². The van der Waals surface area contributed by atoms with Crippen LogP contribution < -0.4 is 123 Å². The Kier molecular flexibility index (Phi) is 60.8. The fraction of sp³-hybridized carbons (Fsp3) is 0.439. The number of nitrogens with zero attached hydrogens (tertiary/aromatic N) is 32. The maximum Gasteiger partial charge on any atom is 1.00 e. The Balaban J connectivity index is -0.000000480. The number of aryl methyl sites for hydroxylation is 5. The second-order valence-corrected chi connectivity index (χ2v) is 25.1. The van der Waals surface area contributed by atoms with Crippen molar-refractivity contribution in [2.24, 2.45) is 55.9 Å². The van der Waals surface area contributed by atoms with Gasteiger partial charge in [0.1, 0.15) is 85.7 Å². The van der Waals surface area contributed by atoms with Crippen LogP contribution in [0.25, 0.3) is 57.6 Å². The third-order valence-corrected chi connectivity index (χ3v) is 15.2. The average molecular weight is 2040 g/mol. The number of hydrogen-bond acceptors (Lipinski definition) is 60. The predicted octanol–water partition coefficient (Wildman–Crippen LogP) is -5.43. The van der Waals surface area contributed by atoms with Crippen molar-refractivity contribution >= 4 is 58.0 Å². The molecule has 0 saturated heterocycles. The monoisotopic (exact) mass is 2040 g/mol. The number of oxime groups is 4. The summed E-state index contributed by atoms with van der Waals surface area (Å²) >= 11 is 0. The topological polar surface area (TPSA) is 931 Å². The van der Waals surface area contributed by atoms with Crippen LogP contribution >= 0.6 is 0 Å². The van der Waals surface area contributed by atoms with Crippen molar-refractivity contribution in [3.05, 3.63) is 121 Å². The molecule has 14 rings (SSSR count). The number of carbonyl (C=O) groups is 5. The molecule has 65 nitrogen and oxygen atoms in total. The van der Waals surface area contributed by atoms with E-state index in [4.69, 9.17) is 26.6 Å². The Labute approximate surface area is 842 Å². The fourth-order valence-electron chi connectivity index (χ4n) is 8.71. The van der Waals surface area contributed by atoms with Crippen molar-refractivity contribution in [1.29, 1.82) is 0 Å². The molecule has 0 aliphatic rings. The molecule has 74 heteroatoms. The molecule has 0 unspecified atom stereocenters. The van der Waals surface area contributed by atoms with Crippen LogP contribution in [-0.4, -0.2) is 243 Å². The van der Waals surface area contributed by atoms with Crippen LogP contribution in [0.1, 0.15) is 166 Å². The van der Waals surface area contributed by atoms with E-state index in [1.807, 2.05) is 13.8 Å². The molecule has 0 atom stereocenters. The van der Waals surface area contributed by atoms with E-state index in [-0.39, 0.29) is 210 Å². The molecule has 9 N–H and O–H groups in total. The third-order valence-electron chi connectivity index (χ3n) is 15.2. The minimum atomic E-state index is -5.62. The summed E-state index contributed by atoms with van der Waals surface area (Å²) < 4.78 is 138. The van der Waals surface area contributed by atoms with E-state index in [9.17, 15) is 74.3 Å². The van der Waals surface area contributed by atoms with Gasteiger partial charge in [0.05, 0.1) is 19.3 Å². The zero-order valence-electron chi connectivity index (χ0n) is 74.9. The quantitative estimate of drug-likeness (QED) is 0.00959. The second-order valence-electron chi connectivity index (χ2n) is 25.1. The van der Waals surface area contributed by atoms with E-state index in [0.29, 0.717) is 103 Å². The first-order valence-corrected chi connectivity index (χ1v) is 35.6. The van der Waals surface area contributed by atoms with Crippen molar-refractivity contribution in [2.75, 3.05) is 5.73 Å². The first-order chi connectivity index (χ1) is 61.8. The fourth-order valence-corrected chi connectivity index (χ4v) is 8.71. The zero-order chi connectivity index (χ0) is 97.9. The molecule has 0 amide bonds. The number of Topliss-reactive ketones (excluding diaryl/α,β-unsaturated/α-hetero) is 3. The first kappa shape index (κ1) is 134. The van der Waals surface area contributed by atoms with Gasteiger partial charge in [0.2, 0.25) is 29.1 Å². The van der Waals surface area contributed by atoms with Crippen LogP contribution in [0.2, 0.25) is 0 Å². The first-order valence-electron chi connectivity index (χ1n) is 35.6. The molecule has 140 heavy (non-hydrogen) atoms. The Bertz CT molecular complexity index is 6280. The number of nitrogens with two attached hydrogens (primary N) is 1. The SMILES string of the molecule is C.C.C.CC(=NO)c1nonc1C.CC(=NO)c1nonc1C.CC(=O)Cc1nonc1-c1noc(=O)n1C.CC(=O)Cc1nonc1-c1noc(=O)n1C.CC(=O)Cc1nonc1C(C)=NO.CCCc1nonc1-c1noc(=O)n1C.CCCc1nonc1C(C)=NO.Cc1nonc1-c1noc(=O)n1C.Cn1c(-c2nonc2N)noc1=O.O=C(OC(=O)C(F)(F)F)C(F)(F)F.[Na+].[Na+].[Na+].[OH-].[OH-].[OH-]. The Hall–Kier alpha value is -14.7. The average Bonchev–Trinajstić information content (AvgIpc) is 1.69. The Morgan fingerprint density at radius 3 is 0.829 bits per heavy atom. The molecule has 0 bridgehead atoms. The van der Waals surface area contributed by atoms with Gasteiger partial charge in [0.15, 0.2) is 57.1 Å². The summed E-state index contributed by atoms with van der Waals surface area (Å²) in [5, 5.41) is 127. The zero-order valence-corrected chi connectivity index (χ0v) is 80.9. The summed E-state index contributed by atoms with van der Waals surface area (Å²) in [7, 11) is 7.50. The minimum absolute atomic E-state index is 0. The standard InChI is InChI=1S/2C8H8N4O4.C8H10N4O3.C7H9N3O3.C7H11N3O2.C6H6N4O3.C5H5N5O3.2C5H7N3O2.C4F6O3.3CH4.3Na.3H2O/c2*1-4(13)3-5-6(10-16-9-5)7-11-15-8(14)12(7)2;1-3-4-5-6(10-15-9-5)7-11-14-8(13)12(7)2;1-4(11)3-6-7(5(2)8-12)10-13-9-6;1-3-4-6-7(5(2)8-11)10-12-9-6;1-3-4(8-13-7-3)5-9-12-6(11)10(5)2;1-10-4(9-12-5(10)11)2-3(6)8-13-7-2;2*1-3(6-9)5-4(2)7-10-8-5;5-3(6,7)1(11)13-2(12)4(8,9)10;;;;;;;;;/h2*3H2,1-2H3;3-4H2,1-2H3;12H,3H2,1-2H3;11H,3-4H2,1-2H3;1-2H3;1H3,(H2,6,8);2*9H,1-2H3;;3*1H4;;;;3*1H2/q;;;;;;;;;;;;;3*+1;;;/p-3. The van der Waals surface area contributed by atoms with E-state index < -0.39 is 53.1 Å². The van der Waals surface area contributed by atoms with Crippen molar-refractivity contribution in [1.82, 2.24) is 141 Å². The summed E-state index contributed by atoms with van der Waals surface area (Å²) in [6.07, 6.45) is -7.61. The molecule has 14 heterocycles. The summed E-state index contributed by atoms with van der Waals surface area (Å²) in [6.45, 7) is 19.9. The van der Waals surface area contributed by atoms with Crippen LogP contribution in [-0.2, 0) is 96.1 Å². The smallest absolute Gasteiger partial charge is 0.870 e. The largest absolute Gasteiger partial charge is 1.00 e. The van der Waals surface area contributed by atoms with E-state index >= 15 is 0 Å². The number of hydrogen-bond donors (Lipinski definition) is 5. The summed E-state index contributed by atoms with van der Waals surface area (Å²) in [6, 6.07) is 0. The second kappa shape index (κ2) is 63.6. The predicted molar refractivity (Wildman–Crippen MR) is 427 cm³/mol. The molecule has 14 aromatic heterocycles. The van der Waals surface area contributed by atoms with Crippen LogP contribution in [0, 0.1) is 20.8 Å². The van der Waals surface area contributed by atoms with E-state index in [1.54, 1.807) is 55.5 Å². The van der Waals surface area contributed by atoms with Crippen LogP contribution in [0.15, 0.2) is 109 Å². The number of aromatic nitrogens is 28. The van der Waals surface area contributed by atoms with Crippen molar-refractivity contribution in [3.63, 3.8) is 0 Å². The maximum absolute atomic E-state index is 11.2. The summed E-state index contributed by atoms with van der Waals surface area (Å²) in [5.41, 5.74) is 14.5. The molecule has 0 radical (unpaired) electrons. The minimum Gasteiger partial charge on any atom is -0.870 e. The number of ketones is 3. The molecule has 0 fully saturated rings. The molecule has 0 aliphatic heterocycles. The van der Waals surface area contributed by atoms with Gasteiger partial charge in [-0.15, -0.1) is 0 Å². The van der Waals surface area contributed by atoms with Gasteiger partial charge < -0.3 is 47.7 Å². The molecular formula is C66H86F6N33Na3O32. The summed E-state index contributed by atoms with van der Waals surface area (Å²) in [4.78, 5) is 107. The van der Waals surface area contributed by atoms with Gasteiger partial charge in [-0.3, -0.25) is 59.8 Å². The van der Waals surface area contributed by atoms with Crippen LogP contribution in [0.4, 0.5) is 32.2 Å². The third kappa shape index (κ3) is 38.7. The van der Waals surface area contributed by atoms with Gasteiger partial charge in [-0.05, 0) is 134 Å². The number of carbonyl (C=O) groups excluding carboxylic acids is 5. The normalized spacial score (nSPS) is 10.5. The van der Waals surface area contributed by atoms with Crippen molar-refractivity contribution in [2.45, 2.75) is 163 Å². The molecule has 0 spiro atoms. The number of halogens is 6. The Morgan fingerprint density at radius 2 is 0.557 bits per heavy atom. The number of ether oxygens (including phenoxy) is 1. The molecule has 752 valence electrons. The number of rotatable bonds is 19. The van der Waals surface area contributed by atoms with E-state index in [2.05, 4.69) is 208 Å². The summed E-state index contributed by atoms with van der Waals surface area (Å²) in [5.74, 6) is -8.29. The van der Waals surface area contributed by atoms with E-state index in [1.165, 1.54) is 58.1 Å². The number of alkyl halides is 6. The maximum atomic E-state index is 11.2. The molecule has 0 saturated carbocycles. The van der Waals surface area contributed by atoms with Gasteiger partial charge >= 0.3 is 142 Å². The van der Waals surface area contributed by atoms with Crippen molar-refractivity contribution in [3.8, 4) is 57.6 Å². The van der Waals surface area contributed by atoms with Gasteiger partial charge in [0.25, 0.3) is 0 Å². The van der Waals surface area contributed by atoms with Gasteiger partial charge in [0, 0.05) is 35.2 Å². The van der Waals surface area contributed by atoms with Crippen molar-refractivity contribution < 1.29 is 245 Å². The number of esters is 2.